The van der Waals surface area contributed by atoms with E-state index in [0.29, 0.717) is 4.47 Å². The molecule has 0 saturated heterocycles. The van der Waals surface area contributed by atoms with Crippen LogP contribution in [0.25, 0.3) is 10.2 Å². The summed E-state index contributed by atoms with van der Waals surface area (Å²) in [6, 6.07) is 13.1. The van der Waals surface area contributed by atoms with Gasteiger partial charge in [-0.25, -0.2) is 4.98 Å². The van der Waals surface area contributed by atoms with E-state index in [4.69, 9.17) is 0 Å². The van der Waals surface area contributed by atoms with Gasteiger partial charge >= 0.3 is 0 Å². The van der Waals surface area contributed by atoms with E-state index in [-0.39, 0.29) is 5.75 Å². The molecule has 0 aliphatic carbocycles. The van der Waals surface area contributed by atoms with Crippen LogP contribution in [0.1, 0.15) is 5.56 Å². The molecule has 1 aromatic heterocycles. The van der Waals surface area contributed by atoms with E-state index in [1.807, 2.05) is 24.3 Å². The first-order chi connectivity index (χ1) is 9.72. The highest BCUT2D eigenvalue weighted by molar-refractivity contribution is 9.10. The van der Waals surface area contributed by atoms with E-state index in [0.717, 1.165) is 20.9 Å². The molecule has 0 unspecified atom stereocenters. The Morgan fingerprint density at radius 2 is 2.10 bits per heavy atom. The number of phenols is 1. The SMILES string of the molecule is Oc1ccc(/C=N\Nc2nc3ccccc3s2)cc1Br. The fourth-order valence-electron chi connectivity index (χ4n) is 1.69. The molecule has 0 saturated carbocycles. The Morgan fingerprint density at radius 3 is 2.90 bits per heavy atom. The second-order valence-corrected chi connectivity index (χ2v) is 5.95. The molecule has 3 rings (SSSR count). The van der Waals surface area contributed by atoms with Gasteiger partial charge in [0.2, 0.25) is 5.13 Å². The average molecular weight is 348 g/mol. The third kappa shape index (κ3) is 2.81. The lowest BCUT2D eigenvalue weighted by molar-refractivity contribution is 0.472. The van der Waals surface area contributed by atoms with Crippen molar-refractivity contribution in [1.29, 1.82) is 0 Å². The number of thiazole rings is 1. The average Bonchev–Trinajstić information content (AvgIpc) is 2.85. The monoisotopic (exact) mass is 347 g/mol. The van der Waals surface area contributed by atoms with Gasteiger partial charge < -0.3 is 5.11 Å². The number of aromatic nitrogens is 1. The Hall–Kier alpha value is -1.92. The van der Waals surface area contributed by atoms with Gasteiger partial charge in [-0.1, -0.05) is 23.5 Å². The maximum atomic E-state index is 9.41. The third-order valence-corrected chi connectivity index (χ3v) is 4.22. The van der Waals surface area contributed by atoms with E-state index in [1.165, 1.54) is 0 Å². The summed E-state index contributed by atoms with van der Waals surface area (Å²) < 4.78 is 1.76. The molecule has 2 N–H and O–H groups in total. The minimum atomic E-state index is 0.210. The summed E-state index contributed by atoms with van der Waals surface area (Å²) >= 11 is 4.82. The van der Waals surface area contributed by atoms with Crippen LogP contribution in [0.4, 0.5) is 5.13 Å². The molecule has 0 atom stereocenters. The standard InChI is InChI=1S/C14H10BrN3OS/c15-10-7-9(5-6-12(10)19)8-16-18-14-17-11-3-1-2-4-13(11)20-14/h1-8,19H,(H,17,18)/b16-8-. The van der Waals surface area contributed by atoms with E-state index in [9.17, 15) is 5.11 Å². The van der Waals surface area contributed by atoms with Crippen LogP contribution in [0.2, 0.25) is 0 Å². The number of nitrogens with one attached hydrogen (secondary N) is 1. The van der Waals surface area contributed by atoms with Crippen LogP contribution in [0.3, 0.4) is 0 Å². The molecule has 0 aliphatic heterocycles. The molecule has 2 aromatic carbocycles. The molecule has 0 amide bonds. The van der Waals surface area contributed by atoms with Crippen LogP contribution in [0.15, 0.2) is 52.0 Å². The molecule has 0 spiro atoms. The van der Waals surface area contributed by atoms with Gasteiger partial charge in [-0.15, -0.1) is 0 Å². The van der Waals surface area contributed by atoms with Crippen molar-refractivity contribution in [2.75, 3.05) is 5.43 Å². The van der Waals surface area contributed by atoms with Gasteiger partial charge in [-0.05, 0) is 51.8 Å². The predicted octanol–water partition coefficient (Wildman–Crippen LogP) is 4.21. The number of rotatable bonds is 3. The lowest BCUT2D eigenvalue weighted by atomic mass is 10.2. The molecule has 0 radical (unpaired) electrons. The first-order valence-corrected chi connectivity index (χ1v) is 7.46. The second-order valence-electron chi connectivity index (χ2n) is 4.07. The summed E-state index contributed by atoms with van der Waals surface area (Å²) in [6.45, 7) is 0. The zero-order valence-electron chi connectivity index (χ0n) is 10.2. The molecular weight excluding hydrogens is 338 g/mol. The molecule has 0 fully saturated rings. The van der Waals surface area contributed by atoms with Crippen LogP contribution in [-0.4, -0.2) is 16.3 Å². The number of phenolic OH excluding ortho intramolecular Hbond substituents is 1. The highest BCUT2D eigenvalue weighted by atomic mass is 79.9. The van der Waals surface area contributed by atoms with Crippen molar-refractivity contribution < 1.29 is 5.11 Å². The predicted molar refractivity (Wildman–Crippen MR) is 86.6 cm³/mol. The molecule has 0 bridgehead atoms. The van der Waals surface area contributed by atoms with E-state index >= 15 is 0 Å². The Kier molecular flexibility index (Phi) is 3.66. The molecule has 1 heterocycles. The Morgan fingerprint density at radius 1 is 1.25 bits per heavy atom. The van der Waals surface area contributed by atoms with Crippen molar-refractivity contribution in [3.05, 3.63) is 52.5 Å². The molecule has 3 aromatic rings. The zero-order chi connectivity index (χ0) is 13.9. The quantitative estimate of drug-likeness (QED) is 0.551. The normalized spacial score (nSPS) is 11.2. The van der Waals surface area contributed by atoms with Crippen molar-refractivity contribution in [2.45, 2.75) is 0 Å². The van der Waals surface area contributed by atoms with E-state index in [2.05, 4.69) is 31.4 Å². The summed E-state index contributed by atoms with van der Waals surface area (Å²) in [5.74, 6) is 0.210. The summed E-state index contributed by atoms with van der Waals surface area (Å²) in [6.07, 6.45) is 1.68. The summed E-state index contributed by atoms with van der Waals surface area (Å²) in [7, 11) is 0. The fourth-order valence-corrected chi connectivity index (χ4v) is 2.90. The van der Waals surface area contributed by atoms with Crippen molar-refractivity contribution in [3.63, 3.8) is 0 Å². The zero-order valence-corrected chi connectivity index (χ0v) is 12.6. The van der Waals surface area contributed by atoms with Gasteiger partial charge in [0, 0.05) is 0 Å². The Balaban J connectivity index is 1.75. The van der Waals surface area contributed by atoms with Crippen molar-refractivity contribution in [3.8, 4) is 5.75 Å². The molecule has 4 nitrogen and oxygen atoms in total. The number of fused-ring (bicyclic) bond motifs is 1. The highest BCUT2D eigenvalue weighted by Crippen LogP contribution is 2.25. The van der Waals surface area contributed by atoms with Gasteiger partial charge in [0.15, 0.2) is 0 Å². The molecule has 20 heavy (non-hydrogen) atoms. The number of nitrogens with zero attached hydrogens (tertiary/aromatic N) is 2. The molecule has 0 aliphatic rings. The first kappa shape index (κ1) is 13.1. The van der Waals surface area contributed by atoms with Crippen LogP contribution >= 0.6 is 27.3 Å². The number of hydrogen-bond acceptors (Lipinski definition) is 5. The number of aromatic hydroxyl groups is 1. The van der Waals surface area contributed by atoms with Gasteiger partial charge in [0.25, 0.3) is 0 Å². The lowest BCUT2D eigenvalue weighted by Crippen LogP contribution is -1.89. The third-order valence-electron chi connectivity index (χ3n) is 2.64. The van der Waals surface area contributed by atoms with Gasteiger partial charge in [0.1, 0.15) is 5.75 Å². The Bertz CT molecular complexity index is 752. The minimum Gasteiger partial charge on any atom is -0.507 e. The van der Waals surface area contributed by atoms with Crippen LogP contribution in [0.5, 0.6) is 5.75 Å². The van der Waals surface area contributed by atoms with Crippen molar-refractivity contribution >= 4 is 48.8 Å². The summed E-state index contributed by atoms with van der Waals surface area (Å²) in [5, 5.41) is 14.3. The summed E-state index contributed by atoms with van der Waals surface area (Å²) in [5.41, 5.74) is 4.75. The van der Waals surface area contributed by atoms with Gasteiger partial charge in [-0.3, -0.25) is 5.43 Å². The largest absolute Gasteiger partial charge is 0.507 e. The minimum absolute atomic E-state index is 0.210. The van der Waals surface area contributed by atoms with Crippen LogP contribution < -0.4 is 5.43 Å². The number of hydrogen-bond donors (Lipinski definition) is 2. The molecular formula is C14H10BrN3OS. The Labute approximate surface area is 127 Å². The lowest BCUT2D eigenvalue weighted by Gasteiger charge is -1.98. The maximum Gasteiger partial charge on any atom is 0.204 e. The summed E-state index contributed by atoms with van der Waals surface area (Å²) in [4.78, 5) is 4.42. The van der Waals surface area contributed by atoms with Crippen LogP contribution in [0, 0.1) is 0 Å². The van der Waals surface area contributed by atoms with E-state index in [1.54, 1.807) is 35.8 Å². The highest BCUT2D eigenvalue weighted by Gasteiger charge is 2.01. The topological polar surface area (TPSA) is 57.5 Å². The molecule has 100 valence electrons. The van der Waals surface area contributed by atoms with E-state index < -0.39 is 0 Å². The number of hydrazone groups is 1. The second kappa shape index (κ2) is 5.60. The maximum absolute atomic E-state index is 9.41. The number of halogens is 1. The number of para-hydroxylation sites is 1. The van der Waals surface area contributed by atoms with Crippen molar-refractivity contribution in [2.24, 2.45) is 5.10 Å². The van der Waals surface area contributed by atoms with Gasteiger partial charge in [-0.2, -0.15) is 5.10 Å². The first-order valence-electron chi connectivity index (χ1n) is 5.85. The number of benzene rings is 2. The fraction of sp³-hybridized carbons (Fsp3) is 0. The van der Waals surface area contributed by atoms with Crippen molar-refractivity contribution in [1.82, 2.24) is 4.98 Å². The smallest absolute Gasteiger partial charge is 0.204 e. The number of anilines is 1. The van der Waals surface area contributed by atoms with Gasteiger partial charge in [0.05, 0.1) is 20.9 Å². The molecule has 6 heteroatoms. The van der Waals surface area contributed by atoms with Crippen LogP contribution in [-0.2, 0) is 0 Å².